The first kappa shape index (κ1) is 18.1. The molecule has 2 N–H and O–H groups in total. The highest BCUT2D eigenvalue weighted by molar-refractivity contribution is 6.09. The molecular weight excluding hydrogens is 290 g/mol. The van der Waals surface area contributed by atoms with Crippen molar-refractivity contribution in [2.75, 3.05) is 11.9 Å². The van der Waals surface area contributed by atoms with E-state index in [0.717, 1.165) is 18.6 Å². The molecule has 122 valence electrons. The molecule has 1 aromatic carbocycles. The lowest BCUT2D eigenvalue weighted by Gasteiger charge is -2.23. The molecular formula is C16H22F2N2O2. The molecule has 0 heterocycles. The third kappa shape index (κ3) is 4.51. The molecule has 22 heavy (non-hydrogen) atoms. The Morgan fingerprint density at radius 2 is 1.68 bits per heavy atom. The number of carbonyl (C=O) groups is 2. The van der Waals surface area contributed by atoms with Gasteiger partial charge >= 0.3 is 0 Å². The predicted octanol–water partition coefficient (Wildman–Crippen LogP) is 3.09. The Hall–Kier alpha value is -1.98. The second-order valence-electron chi connectivity index (χ2n) is 6.11. The van der Waals surface area contributed by atoms with E-state index in [0.29, 0.717) is 12.5 Å². The smallest absolute Gasteiger partial charge is 0.239 e. The van der Waals surface area contributed by atoms with Crippen LogP contribution in [0.25, 0.3) is 0 Å². The summed E-state index contributed by atoms with van der Waals surface area (Å²) in [7, 11) is 0. The van der Waals surface area contributed by atoms with Crippen LogP contribution < -0.4 is 10.6 Å². The lowest BCUT2D eigenvalue weighted by atomic mass is 9.90. The Labute approximate surface area is 129 Å². The first-order chi connectivity index (χ1) is 10.2. The van der Waals surface area contributed by atoms with Crippen molar-refractivity contribution < 1.29 is 18.4 Å². The largest absolute Gasteiger partial charge is 0.355 e. The predicted molar refractivity (Wildman–Crippen MR) is 81.2 cm³/mol. The maximum atomic E-state index is 13.5. The van der Waals surface area contributed by atoms with Crippen molar-refractivity contribution in [2.45, 2.75) is 34.1 Å². The molecule has 2 amide bonds. The van der Waals surface area contributed by atoms with Gasteiger partial charge in [-0.2, -0.15) is 0 Å². The van der Waals surface area contributed by atoms with Crippen LogP contribution in [-0.4, -0.2) is 18.4 Å². The molecule has 0 spiro atoms. The topological polar surface area (TPSA) is 58.2 Å². The Kier molecular flexibility index (Phi) is 6.02. The number of benzene rings is 1. The number of rotatable bonds is 6. The zero-order chi connectivity index (χ0) is 16.9. The zero-order valence-corrected chi connectivity index (χ0v) is 13.3. The van der Waals surface area contributed by atoms with Gasteiger partial charge in [0.2, 0.25) is 11.8 Å². The van der Waals surface area contributed by atoms with E-state index in [4.69, 9.17) is 0 Å². The summed E-state index contributed by atoms with van der Waals surface area (Å²) in [5, 5.41) is 4.81. The highest BCUT2D eigenvalue weighted by Crippen LogP contribution is 2.23. The Morgan fingerprint density at radius 3 is 2.18 bits per heavy atom. The van der Waals surface area contributed by atoms with Crippen LogP contribution in [0.3, 0.4) is 0 Å². The average molecular weight is 312 g/mol. The molecule has 1 rings (SSSR count). The van der Waals surface area contributed by atoms with Gasteiger partial charge in [-0.3, -0.25) is 9.59 Å². The number of amides is 2. The summed E-state index contributed by atoms with van der Waals surface area (Å²) in [5.74, 6) is -2.60. The lowest BCUT2D eigenvalue weighted by molar-refractivity contribution is -0.138. The van der Waals surface area contributed by atoms with Crippen molar-refractivity contribution in [2.24, 2.45) is 11.3 Å². The second kappa shape index (κ2) is 7.33. The molecule has 4 nitrogen and oxygen atoms in total. The van der Waals surface area contributed by atoms with Crippen molar-refractivity contribution in [3.05, 3.63) is 29.8 Å². The monoisotopic (exact) mass is 312 g/mol. The van der Waals surface area contributed by atoms with E-state index in [1.54, 1.807) is 0 Å². The quantitative estimate of drug-likeness (QED) is 0.793. The summed E-state index contributed by atoms with van der Waals surface area (Å²) in [4.78, 5) is 24.3. The Balaban J connectivity index is 2.76. The number of anilines is 1. The van der Waals surface area contributed by atoms with E-state index in [1.165, 1.54) is 19.9 Å². The number of carbonyl (C=O) groups excluding carboxylic acids is 2. The zero-order valence-electron chi connectivity index (χ0n) is 13.3. The van der Waals surface area contributed by atoms with Crippen LogP contribution in [0.2, 0.25) is 0 Å². The third-order valence-electron chi connectivity index (χ3n) is 3.34. The first-order valence-electron chi connectivity index (χ1n) is 7.20. The molecule has 0 bridgehead atoms. The summed E-state index contributed by atoms with van der Waals surface area (Å²) in [5.41, 5.74) is -1.98. The molecule has 0 aromatic heterocycles. The SMILES string of the molecule is CC(C)CCNC(=O)C(C)(C)C(=O)Nc1c(F)cccc1F. The van der Waals surface area contributed by atoms with Crippen molar-refractivity contribution in [3.63, 3.8) is 0 Å². The maximum absolute atomic E-state index is 13.5. The minimum atomic E-state index is -1.44. The van der Waals surface area contributed by atoms with Crippen molar-refractivity contribution >= 4 is 17.5 Å². The van der Waals surface area contributed by atoms with Crippen LogP contribution in [-0.2, 0) is 9.59 Å². The van der Waals surface area contributed by atoms with E-state index in [9.17, 15) is 18.4 Å². The molecule has 0 radical (unpaired) electrons. The standard InChI is InChI=1S/C16H22F2N2O2/c1-10(2)8-9-19-14(21)16(3,4)15(22)20-13-11(17)6-5-7-12(13)18/h5-7,10H,8-9H2,1-4H3,(H,19,21)(H,20,22). The molecule has 0 fully saturated rings. The fourth-order valence-corrected chi connectivity index (χ4v) is 1.69. The van der Waals surface area contributed by atoms with Crippen LogP contribution in [0.4, 0.5) is 14.5 Å². The summed E-state index contributed by atoms with van der Waals surface area (Å²) < 4.78 is 27.1. The van der Waals surface area contributed by atoms with E-state index in [-0.39, 0.29) is 0 Å². The summed E-state index contributed by atoms with van der Waals surface area (Å²) >= 11 is 0. The minimum absolute atomic E-state index is 0.421. The van der Waals surface area contributed by atoms with Crippen LogP contribution in [0.15, 0.2) is 18.2 Å². The minimum Gasteiger partial charge on any atom is -0.355 e. The molecule has 0 saturated heterocycles. The van der Waals surface area contributed by atoms with Gasteiger partial charge in [0, 0.05) is 6.54 Å². The molecule has 0 aliphatic rings. The molecule has 0 saturated carbocycles. The molecule has 0 unspecified atom stereocenters. The number of hydrogen-bond acceptors (Lipinski definition) is 2. The van der Waals surface area contributed by atoms with E-state index >= 15 is 0 Å². The van der Waals surface area contributed by atoms with Crippen molar-refractivity contribution in [3.8, 4) is 0 Å². The summed E-state index contributed by atoms with van der Waals surface area (Å²) in [6, 6.07) is 3.27. The van der Waals surface area contributed by atoms with Crippen LogP contribution in [0.5, 0.6) is 0 Å². The number of nitrogens with one attached hydrogen (secondary N) is 2. The third-order valence-corrected chi connectivity index (χ3v) is 3.34. The van der Waals surface area contributed by atoms with E-state index in [2.05, 4.69) is 10.6 Å². The Bertz CT molecular complexity index is 537. The normalized spacial score (nSPS) is 11.4. The van der Waals surface area contributed by atoms with E-state index < -0.39 is 34.6 Å². The highest BCUT2D eigenvalue weighted by Gasteiger charge is 2.36. The fourth-order valence-electron chi connectivity index (χ4n) is 1.69. The Morgan fingerprint density at radius 1 is 1.14 bits per heavy atom. The van der Waals surface area contributed by atoms with Gasteiger partial charge in [-0.1, -0.05) is 19.9 Å². The number of halogens is 2. The molecule has 0 aliphatic carbocycles. The van der Waals surface area contributed by atoms with Gasteiger partial charge in [-0.05, 0) is 38.3 Å². The summed E-state index contributed by atoms with van der Waals surface area (Å²) in [6.07, 6.45) is 0.783. The highest BCUT2D eigenvalue weighted by atomic mass is 19.1. The molecule has 0 aliphatic heterocycles. The second-order valence-corrected chi connectivity index (χ2v) is 6.11. The van der Waals surface area contributed by atoms with Gasteiger partial charge in [0.1, 0.15) is 22.7 Å². The van der Waals surface area contributed by atoms with Crippen LogP contribution >= 0.6 is 0 Å². The van der Waals surface area contributed by atoms with Gasteiger partial charge in [0.05, 0.1) is 0 Å². The van der Waals surface area contributed by atoms with Crippen molar-refractivity contribution in [1.29, 1.82) is 0 Å². The molecule has 6 heteroatoms. The van der Waals surface area contributed by atoms with Gasteiger partial charge in [0.25, 0.3) is 0 Å². The first-order valence-corrected chi connectivity index (χ1v) is 7.20. The summed E-state index contributed by atoms with van der Waals surface area (Å²) in [6.45, 7) is 7.30. The maximum Gasteiger partial charge on any atom is 0.239 e. The lowest BCUT2D eigenvalue weighted by Crippen LogP contribution is -2.45. The van der Waals surface area contributed by atoms with Crippen LogP contribution in [0.1, 0.15) is 34.1 Å². The van der Waals surface area contributed by atoms with Gasteiger partial charge in [-0.15, -0.1) is 0 Å². The fraction of sp³-hybridized carbons (Fsp3) is 0.500. The molecule has 0 atom stereocenters. The van der Waals surface area contributed by atoms with Gasteiger partial charge in [0.15, 0.2) is 0 Å². The van der Waals surface area contributed by atoms with Crippen LogP contribution in [0, 0.1) is 23.0 Å². The average Bonchev–Trinajstić information content (AvgIpc) is 2.42. The van der Waals surface area contributed by atoms with Gasteiger partial charge in [-0.25, -0.2) is 8.78 Å². The van der Waals surface area contributed by atoms with E-state index in [1.807, 2.05) is 13.8 Å². The molecule has 1 aromatic rings. The number of para-hydroxylation sites is 1. The number of hydrogen-bond donors (Lipinski definition) is 2. The van der Waals surface area contributed by atoms with Gasteiger partial charge < -0.3 is 10.6 Å². The van der Waals surface area contributed by atoms with Crippen molar-refractivity contribution in [1.82, 2.24) is 5.32 Å².